The number of methoxy groups -OCH3 is 2. The number of nitrogens with two attached hydrogens (primary N) is 1. The standard InChI is InChI=1S/C70H104N12O12S/c1-13-46(6)59(54(93-11)42-57(85)80-39-21-26-53(80)61(94-12)47(7)62(86)76-52(65-72-37-40-95-65)41-48-23-16-14-17-24-48)79(8)66(89)58(44(2)3)78-64(88)60(45(4)5)82(9,10)43-49-27-29-50(30-28-49)75-63(87)51(25-20-36-74-69(71)92)77-68(91)70(33-22-34-70)67(90)73-35-18-15-19-38-81-55(83)31-32-56(81)84/h14,16-17,23-24,27-32,37,40,44-47,51-54,58-61H,13,15,18-22,25-26,33-36,38-39,41-43H2,1-12H3,(H7-,71,73,74,75,76,77,78,86,87,88,90,91,92)/p+1/t46-,47+,51-,52-,53-,54+,58-,59-,60-,61+/m0/s1. The molecule has 6 rings (SSSR count). The fourth-order valence-electron chi connectivity index (χ4n) is 13.7. The Morgan fingerprint density at radius 3 is 2.03 bits per heavy atom. The molecule has 1 saturated carbocycles. The van der Waals surface area contributed by atoms with Crippen LogP contribution < -0.4 is 37.6 Å². The number of ether oxygens (including phenoxy) is 2. The van der Waals surface area contributed by atoms with Crippen molar-refractivity contribution in [3.05, 3.63) is 94.5 Å². The number of primary amides is 1. The van der Waals surface area contributed by atoms with E-state index in [2.05, 4.69) is 36.9 Å². The number of hydrogen-bond donors (Lipinski definition) is 7. The van der Waals surface area contributed by atoms with Crippen molar-refractivity contribution >= 4 is 76.2 Å². The van der Waals surface area contributed by atoms with Crippen molar-refractivity contribution in [2.24, 2.45) is 34.8 Å². The zero-order valence-corrected chi connectivity index (χ0v) is 58.6. The Balaban J connectivity index is 1.07. The average molecular weight is 1340 g/mol. The number of rotatable bonds is 38. The summed E-state index contributed by atoms with van der Waals surface area (Å²) in [5, 5.41) is 20.2. The van der Waals surface area contributed by atoms with Gasteiger partial charge >= 0.3 is 6.03 Å². The molecular formula is C70H105N12O12S+. The normalized spacial score (nSPS) is 18.1. The lowest BCUT2D eigenvalue weighted by atomic mass is 9.67. The van der Waals surface area contributed by atoms with Gasteiger partial charge in [0.2, 0.25) is 35.4 Å². The van der Waals surface area contributed by atoms with Gasteiger partial charge in [0, 0.05) is 88.3 Å². The van der Waals surface area contributed by atoms with Gasteiger partial charge in [-0.25, -0.2) is 9.78 Å². The molecule has 1 aromatic heterocycles. The molecule has 11 amide bonds. The van der Waals surface area contributed by atoms with Gasteiger partial charge in [-0.1, -0.05) is 104 Å². The minimum Gasteiger partial charge on any atom is -0.379 e. The maximum Gasteiger partial charge on any atom is 0.312 e. The largest absolute Gasteiger partial charge is 0.379 e. The van der Waals surface area contributed by atoms with Crippen molar-refractivity contribution in [2.75, 3.05) is 66.9 Å². The van der Waals surface area contributed by atoms with E-state index in [0.29, 0.717) is 76.6 Å². The van der Waals surface area contributed by atoms with E-state index >= 15 is 4.79 Å². The molecular weight excluding hydrogens is 1230 g/mol. The zero-order valence-electron chi connectivity index (χ0n) is 57.8. The molecule has 25 heteroatoms. The number of nitrogens with one attached hydrogen (secondary N) is 6. The smallest absolute Gasteiger partial charge is 0.312 e. The molecule has 10 atom stereocenters. The van der Waals surface area contributed by atoms with E-state index < -0.39 is 71.5 Å². The summed E-state index contributed by atoms with van der Waals surface area (Å²) in [7, 11) is 8.75. The number of urea groups is 1. The van der Waals surface area contributed by atoms with Crippen molar-refractivity contribution in [1.82, 2.24) is 46.3 Å². The first kappa shape index (κ1) is 76.4. The number of carbonyl (C=O) groups is 10. The zero-order chi connectivity index (χ0) is 69.7. The van der Waals surface area contributed by atoms with Gasteiger partial charge in [-0.05, 0) is 93.7 Å². The molecule has 2 aromatic carbocycles. The van der Waals surface area contributed by atoms with E-state index in [4.69, 9.17) is 15.2 Å². The summed E-state index contributed by atoms with van der Waals surface area (Å²) in [5.41, 5.74) is 6.27. The van der Waals surface area contributed by atoms with Gasteiger partial charge in [0.05, 0.1) is 56.8 Å². The van der Waals surface area contributed by atoms with Crippen LogP contribution >= 0.6 is 11.3 Å². The second-order valence-electron chi connectivity index (χ2n) is 27.1. The third kappa shape index (κ3) is 20.5. The number of nitrogens with zero attached hydrogens (tertiary/aromatic N) is 5. The lowest BCUT2D eigenvalue weighted by Crippen LogP contribution is -2.63. The van der Waals surface area contributed by atoms with Gasteiger partial charge in [-0.15, -0.1) is 11.3 Å². The molecule has 0 spiro atoms. The fraction of sp³-hybridized carbons (Fsp3) is 0.614. The summed E-state index contributed by atoms with van der Waals surface area (Å²) in [6.45, 7) is 15.2. The highest BCUT2D eigenvalue weighted by Crippen LogP contribution is 2.42. The van der Waals surface area contributed by atoms with Crippen LogP contribution in [0.5, 0.6) is 0 Å². The van der Waals surface area contributed by atoms with Gasteiger partial charge in [0.15, 0.2) is 6.04 Å². The van der Waals surface area contributed by atoms with Gasteiger partial charge in [-0.2, -0.15) is 0 Å². The lowest BCUT2D eigenvalue weighted by molar-refractivity contribution is -0.922. The summed E-state index contributed by atoms with van der Waals surface area (Å²) in [5.74, 6) is -4.49. The summed E-state index contributed by atoms with van der Waals surface area (Å²) < 4.78 is 12.5. The second kappa shape index (κ2) is 35.9. The third-order valence-corrected chi connectivity index (χ3v) is 20.1. The van der Waals surface area contributed by atoms with Crippen molar-refractivity contribution in [1.29, 1.82) is 0 Å². The molecule has 2 aliphatic heterocycles. The minimum absolute atomic E-state index is 0.0361. The summed E-state index contributed by atoms with van der Waals surface area (Å²) in [6, 6.07) is 12.4. The number of likely N-dealkylation sites (N-methyl/N-ethyl adjacent to an activating group) is 2. The number of hydrogen-bond acceptors (Lipinski definition) is 14. The Bertz CT molecular complexity index is 3090. The minimum atomic E-state index is -1.37. The van der Waals surface area contributed by atoms with Crippen LogP contribution in [0.25, 0.3) is 0 Å². The number of quaternary nitrogens is 1. The van der Waals surface area contributed by atoms with Crippen molar-refractivity contribution < 1.29 is 61.9 Å². The first-order valence-electron chi connectivity index (χ1n) is 33.7. The fourth-order valence-corrected chi connectivity index (χ4v) is 14.4. The Labute approximate surface area is 565 Å². The number of aromatic nitrogens is 1. The van der Waals surface area contributed by atoms with E-state index in [1.54, 1.807) is 44.5 Å². The van der Waals surface area contributed by atoms with Gasteiger partial charge in [-0.3, -0.25) is 48.1 Å². The maximum absolute atomic E-state index is 15.0. The number of imide groups is 1. The van der Waals surface area contributed by atoms with Crippen LogP contribution in [0.1, 0.15) is 148 Å². The predicted molar refractivity (Wildman–Crippen MR) is 363 cm³/mol. The van der Waals surface area contributed by atoms with Crippen molar-refractivity contribution in [3.8, 4) is 0 Å². The predicted octanol–water partition coefficient (Wildman–Crippen LogP) is 6.16. The molecule has 0 bridgehead atoms. The van der Waals surface area contributed by atoms with Crippen LogP contribution in [0.15, 0.2) is 78.3 Å². The molecule has 2 fully saturated rings. The molecule has 3 heterocycles. The maximum atomic E-state index is 15.0. The van der Waals surface area contributed by atoms with E-state index in [1.807, 2.05) is 115 Å². The molecule has 8 N–H and O–H groups in total. The molecule has 24 nitrogen and oxygen atoms in total. The molecule has 1 aliphatic carbocycles. The molecule has 3 aliphatic rings. The molecule has 3 aromatic rings. The summed E-state index contributed by atoms with van der Waals surface area (Å²) >= 11 is 1.48. The lowest BCUT2D eigenvalue weighted by Gasteiger charge is -2.42. The number of thiazole rings is 1. The van der Waals surface area contributed by atoms with E-state index in [0.717, 1.165) is 22.6 Å². The highest BCUT2D eigenvalue weighted by atomic mass is 32.1. The Morgan fingerprint density at radius 1 is 0.779 bits per heavy atom. The highest BCUT2D eigenvalue weighted by Gasteiger charge is 2.52. The average Bonchev–Trinajstić information content (AvgIpc) is 1.41. The third-order valence-electron chi connectivity index (χ3n) is 19.2. The van der Waals surface area contributed by atoms with E-state index in [1.165, 1.54) is 28.4 Å². The highest BCUT2D eigenvalue weighted by molar-refractivity contribution is 7.09. The van der Waals surface area contributed by atoms with Crippen LogP contribution in [-0.2, 0) is 65.6 Å². The monoisotopic (exact) mass is 1340 g/mol. The summed E-state index contributed by atoms with van der Waals surface area (Å²) in [4.78, 5) is 145. The number of carbonyl (C=O) groups excluding carboxylic acids is 10. The number of anilines is 1. The number of unbranched alkanes of at least 4 members (excludes halogenated alkanes) is 2. The molecule has 0 radical (unpaired) electrons. The quantitative estimate of drug-likeness (QED) is 0.0147. The number of benzene rings is 2. The topological polar surface area (TPSA) is 310 Å². The number of likely N-dealkylation sites (tertiary alicyclic amines) is 1. The van der Waals surface area contributed by atoms with E-state index in [9.17, 15) is 43.2 Å². The first-order chi connectivity index (χ1) is 45.2. The van der Waals surface area contributed by atoms with Crippen LogP contribution in [-0.4, -0.2) is 187 Å². The van der Waals surface area contributed by atoms with Gasteiger partial charge in [0.1, 0.15) is 29.1 Å². The van der Waals surface area contributed by atoms with Gasteiger partial charge in [0.25, 0.3) is 17.7 Å². The Hall–Kier alpha value is -7.61. The van der Waals surface area contributed by atoms with Crippen LogP contribution in [0.3, 0.4) is 0 Å². The number of amides is 11. The van der Waals surface area contributed by atoms with E-state index in [-0.39, 0.29) is 109 Å². The molecule has 0 unspecified atom stereocenters. The van der Waals surface area contributed by atoms with Gasteiger partial charge < -0.3 is 61.4 Å². The molecule has 1 saturated heterocycles. The molecule has 522 valence electrons. The second-order valence-corrected chi connectivity index (χ2v) is 28.1. The van der Waals surface area contributed by atoms with Crippen molar-refractivity contribution in [3.63, 3.8) is 0 Å². The van der Waals surface area contributed by atoms with Crippen LogP contribution in [0.2, 0.25) is 0 Å². The molecule has 95 heavy (non-hydrogen) atoms. The Kier molecular flexibility index (Phi) is 28.9. The SMILES string of the molecule is CC[C@H](C)[C@@H]([C@@H](CC(=O)N1CCC[C@H]1[C@H](OC)[C@@H](C)C(=O)N[C@@H](Cc1ccccc1)c1nccs1)OC)N(C)C(=O)[C@@H](NC(=O)[C@H](C(C)C)[N+](C)(C)Cc1ccc(NC(=O)[C@H](CCCNC(N)=O)NC(=O)C2(C(=O)NCCCCCN3C(=O)C=CC3=O)CCC2)cc1)C(C)C. The first-order valence-corrected chi connectivity index (χ1v) is 34.6. The summed E-state index contributed by atoms with van der Waals surface area (Å²) in [6.07, 6.45) is 8.82. The van der Waals surface area contributed by atoms with Crippen molar-refractivity contribution in [2.45, 2.75) is 187 Å². The van der Waals surface area contributed by atoms with Crippen LogP contribution in [0.4, 0.5) is 10.5 Å². The Morgan fingerprint density at radius 2 is 1.45 bits per heavy atom. The van der Waals surface area contributed by atoms with Crippen LogP contribution in [0, 0.1) is 29.1 Å².